The standard InChI is InChI=1S/C14H25N3O3/c1-2-17-7-3-5-11(17)9-15-13(18)14(19)16-10-12-6-4-8-20-12/h11-12H,2-10H2,1H3,(H,15,18)(H,16,19)/t11-,12+/m0/s1. The van der Waals surface area contributed by atoms with Crippen molar-refractivity contribution in [3.8, 4) is 0 Å². The van der Waals surface area contributed by atoms with Gasteiger partial charge in [-0.3, -0.25) is 14.5 Å². The largest absolute Gasteiger partial charge is 0.376 e. The molecule has 0 aromatic heterocycles. The Morgan fingerprint density at radius 2 is 1.90 bits per heavy atom. The predicted molar refractivity (Wildman–Crippen MR) is 75.3 cm³/mol. The third-order valence-electron chi connectivity index (χ3n) is 4.12. The van der Waals surface area contributed by atoms with Crippen molar-refractivity contribution in [2.24, 2.45) is 0 Å². The fourth-order valence-electron chi connectivity index (χ4n) is 2.93. The number of nitrogens with one attached hydrogen (secondary N) is 2. The Labute approximate surface area is 120 Å². The van der Waals surface area contributed by atoms with Crippen molar-refractivity contribution in [3.05, 3.63) is 0 Å². The van der Waals surface area contributed by atoms with E-state index in [0.717, 1.165) is 39.0 Å². The van der Waals surface area contributed by atoms with E-state index < -0.39 is 11.8 Å². The number of amides is 2. The zero-order valence-corrected chi connectivity index (χ0v) is 12.2. The molecule has 2 rings (SSSR count). The van der Waals surface area contributed by atoms with E-state index in [4.69, 9.17) is 4.74 Å². The summed E-state index contributed by atoms with van der Waals surface area (Å²) in [5.74, 6) is -1.09. The Balaban J connectivity index is 1.64. The lowest BCUT2D eigenvalue weighted by atomic mass is 10.2. The maximum atomic E-state index is 11.7. The van der Waals surface area contributed by atoms with E-state index >= 15 is 0 Å². The van der Waals surface area contributed by atoms with Crippen LogP contribution >= 0.6 is 0 Å². The zero-order chi connectivity index (χ0) is 14.4. The molecule has 0 aliphatic carbocycles. The molecule has 0 aromatic carbocycles. The van der Waals surface area contributed by atoms with Crippen molar-refractivity contribution in [1.29, 1.82) is 0 Å². The lowest BCUT2D eigenvalue weighted by Gasteiger charge is -2.22. The molecule has 0 bridgehead atoms. The molecule has 2 N–H and O–H groups in total. The first kappa shape index (κ1) is 15.3. The summed E-state index contributed by atoms with van der Waals surface area (Å²) in [6, 6.07) is 0.370. The molecule has 2 atom stereocenters. The van der Waals surface area contributed by atoms with E-state index in [1.165, 1.54) is 6.42 Å². The first-order valence-electron chi connectivity index (χ1n) is 7.62. The summed E-state index contributed by atoms with van der Waals surface area (Å²) in [5.41, 5.74) is 0. The van der Waals surface area contributed by atoms with Gasteiger partial charge < -0.3 is 15.4 Å². The second kappa shape index (κ2) is 7.59. The molecule has 0 aromatic rings. The molecule has 0 saturated carbocycles. The summed E-state index contributed by atoms with van der Waals surface area (Å²) in [6.07, 6.45) is 4.30. The normalized spacial score (nSPS) is 26.6. The predicted octanol–water partition coefficient (Wildman–Crippen LogP) is -0.118. The molecule has 6 nitrogen and oxygen atoms in total. The topological polar surface area (TPSA) is 70.7 Å². The monoisotopic (exact) mass is 283 g/mol. The van der Waals surface area contributed by atoms with Gasteiger partial charge in [0.15, 0.2) is 0 Å². The van der Waals surface area contributed by atoms with Gasteiger partial charge in [0.1, 0.15) is 0 Å². The SMILES string of the molecule is CCN1CCC[C@H]1CNC(=O)C(=O)NC[C@H]1CCCO1. The van der Waals surface area contributed by atoms with Crippen molar-refractivity contribution in [3.63, 3.8) is 0 Å². The van der Waals surface area contributed by atoms with Crippen LogP contribution in [0.4, 0.5) is 0 Å². The quantitative estimate of drug-likeness (QED) is 0.690. The smallest absolute Gasteiger partial charge is 0.309 e. The number of hydrogen-bond donors (Lipinski definition) is 2. The van der Waals surface area contributed by atoms with Crippen LogP contribution in [-0.2, 0) is 14.3 Å². The summed E-state index contributed by atoms with van der Waals surface area (Å²) >= 11 is 0. The van der Waals surface area contributed by atoms with Gasteiger partial charge >= 0.3 is 11.8 Å². The molecule has 2 aliphatic rings. The molecule has 0 unspecified atom stereocenters. The van der Waals surface area contributed by atoms with Crippen molar-refractivity contribution >= 4 is 11.8 Å². The molecule has 2 amide bonds. The van der Waals surface area contributed by atoms with E-state index in [1.54, 1.807) is 0 Å². The maximum Gasteiger partial charge on any atom is 0.309 e. The van der Waals surface area contributed by atoms with Crippen LogP contribution in [0.25, 0.3) is 0 Å². The number of carbonyl (C=O) groups is 2. The van der Waals surface area contributed by atoms with Crippen LogP contribution < -0.4 is 10.6 Å². The molecule has 20 heavy (non-hydrogen) atoms. The highest BCUT2D eigenvalue weighted by Crippen LogP contribution is 2.15. The Bertz CT molecular complexity index is 343. The second-order valence-electron chi connectivity index (χ2n) is 5.48. The molecule has 2 aliphatic heterocycles. The number of ether oxygens (including phenoxy) is 1. The lowest BCUT2D eigenvalue weighted by molar-refractivity contribution is -0.139. The molecule has 0 spiro atoms. The van der Waals surface area contributed by atoms with Crippen LogP contribution in [0.3, 0.4) is 0 Å². The molecule has 2 fully saturated rings. The minimum atomic E-state index is -0.554. The molecular formula is C14H25N3O3. The molecule has 2 saturated heterocycles. The number of likely N-dealkylation sites (N-methyl/N-ethyl adjacent to an activating group) is 1. The molecule has 2 heterocycles. The third-order valence-corrected chi connectivity index (χ3v) is 4.12. The molecule has 114 valence electrons. The van der Waals surface area contributed by atoms with Crippen LogP contribution in [0.2, 0.25) is 0 Å². The minimum Gasteiger partial charge on any atom is -0.376 e. The second-order valence-corrected chi connectivity index (χ2v) is 5.48. The van der Waals surface area contributed by atoms with Crippen molar-refractivity contribution < 1.29 is 14.3 Å². The average Bonchev–Trinajstić information content (AvgIpc) is 3.12. The zero-order valence-electron chi connectivity index (χ0n) is 12.2. The van der Waals surface area contributed by atoms with Gasteiger partial charge in [0.25, 0.3) is 0 Å². The van der Waals surface area contributed by atoms with Crippen molar-refractivity contribution in [1.82, 2.24) is 15.5 Å². The van der Waals surface area contributed by atoms with E-state index in [-0.39, 0.29) is 6.10 Å². The summed E-state index contributed by atoms with van der Waals surface area (Å²) in [6.45, 7) is 5.93. The van der Waals surface area contributed by atoms with Gasteiger partial charge in [0.2, 0.25) is 0 Å². The van der Waals surface area contributed by atoms with Crippen LogP contribution in [0.5, 0.6) is 0 Å². The number of hydrogen-bond acceptors (Lipinski definition) is 4. The van der Waals surface area contributed by atoms with Crippen LogP contribution in [0.15, 0.2) is 0 Å². The van der Waals surface area contributed by atoms with Gasteiger partial charge in [-0.25, -0.2) is 0 Å². The highest BCUT2D eigenvalue weighted by atomic mass is 16.5. The lowest BCUT2D eigenvalue weighted by Crippen LogP contribution is -2.46. The number of likely N-dealkylation sites (tertiary alicyclic amines) is 1. The van der Waals surface area contributed by atoms with Gasteiger partial charge in [-0.15, -0.1) is 0 Å². The number of rotatable bonds is 5. The average molecular weight is 283 g/mol. The van der Waals surface area contributed by atoms with Crippen molar-refractivity contribution in [2.45, 2.75) is 44.8 Å². The van der Waals surface area contributed by atoms with E-state index in [1.807, 2.05) is 0 Å². The van der Waals surface area contributed by atoms with E-state index in [2.05, 4.69) is 22.5 Å². The summed E-state index contributed by atoms with van der Waals surface area (Å²) in [5, 5.41) is 5.37. The van der Waals surface area contributed by atoms with Crippen LogP contribution in [0.1, 0.15) is 32.6 Å². The van der Waals surface area contributed by atoms with Crippen molar-refractivity contribution in [2.75, 3.05) is 32.8 Å². The Morgan fingerprint density at radius 1 is 1.15 bits per heavy atom. The van der Waals surface area contributed by atoms with Gasteiger partial charge in [0.05, 0.1) is 6.10 Å². The summed E-state index contributed by atoms with van der Waals surface area (Å²) < 4.78 is 5.40. The van der Waals surface area contributed by atoms with Gasteiger partial charge in [0, 0.05) is 25.7 Å². The van der Waals surface area contributed by atoms with E-state index in [0.29, 0.717) is 19.1 Å². The first-order chi connectivity index (χ1) is 9.70. The number of carbonyl (C=O) groups excluding carboxylic acids is 2. The molecule has 0 radical (unpaired) electrons. The van der Waals surface area contributed by atoms with Gasteiger partial charge in [-0.2, -0.15) is 0 Å². The van der Waals surface area contributed by atoms with Crippen LogP contribution in [-0.4, -0.2) is 61.6 Å². The Morgan fingerprint density at radius 3 is 2.55 bits per heavy atom. The van der Waals surface area contributed by atoms with E-state index in [9.17, 15) is 9.59 Å². The highest BCUT2D eigenvalue weighted by molar-refractivity contribution is 6.35. The van der Waals surface area contributed by atoms with Gasteiger partial charge in [-0.1, -0.05) is 6.92 Å². The summed E-state index contributed by atoms with van der Waals surface area (Å²) in [7, 11) is 0. The molecule has 6 heteroatoms. The fourth-order valence-corrected chi connectivity index (χ4v) is 2.93. The summed E-state index contributed by atoms with van der Waals surface area (Å²) in [4.78, 5) is 25.7. The maximum absolute atomic E-state index is 11.7. The third kappa shape index (κ3) is 4.18. The Kier molecular flexibility index (Phi) is 5.79. The highest BCUT2D eigenvalue weighted by Gasteiger charge is 2.24. The fraction of sp³-hybridized carbons (Fsp3) is 0.857. The van der Waals surface area contributed by atoms with Crippen LogP contribution in [0, 0.1) is 0 Å². The minimum absolute atomic E-state index is 0.0668. The first-order valence-corrected chi connectivity index (χ1v) is 7.62. The molecular weight excluding hydrogens is 258 g/mol. The Hall–Kier alpha value is -1.14. The number of nitrogens with zero attached hydrogens (tertiary/aromatic N) is 1. The van der Waals surface area contributed by atoms with Gasteiger partial charge in [-0.05, 0) is 38.8 Å².